The third-order valence-electron chi connectivity index (χ3n) is 4.75. The van der Waals surface area contributed by atoms with Crippen LogP contribution in [0.4, 0.5) is 0 Å². The Kier molecular flexibility index (Phi) is 9.22. The Hall–Kier alpha value is -3.43. The van der Waals surface area contributed by atoms with Gasteiger partial charge < -0.3 is 20.1 Å². The van der Waals surface area contributed by atoms with Crippen molar-refractivity contribution in [3.63, 3.8) is 0 Å². The quantitative estimate of drug-likeness (QED) is 0.292. The molecule has 10 heteroatoms. The summed E-state index contributed by atoms with van der Waals surface area (Å²) in [5, 5.41) is 9.48. The first-order valence-electron chi connectivity index (χ1n) is 10.5. The van der Waals surface area contributed by atoms with Gasteiger partial charge in [-0.2, -0.15) is 5.10 Å². The average molecular weight is 473 g/mol. The van der Waals surface area contributed by atoms with Gasteiger partial charge in [-0.3, -0.25) is 14.4 Å². The Morgan fingerprint density at radius 3 is 2.70 bits per heavy atom. The maximum atomic E-state index is 12.1. The average Bonchev–Trinajstić information content (AvgIpc) is 3.35. The van der Waals surface area contributed by atoms with Crippen molar-refractivity contribution < 1.29 is 23.9 Å². The van der Waals surface area contributed by atoms with Gasteiger partial charge in [0.25, 0.3) is 5.91 Å². The molecule has 33 heavy (non-hydrogen) atoms. The minimum Gasteiger partial charge on any atom is -0.483 e. The molecule has 0 aliphatic carbocycles. The second kappa shape index (κ2) is 12.6. The number of hydrogen-bond donors (Lipinski definition) is 3. The van der Waals surface area contributed by atoms with Crippen LogP contribution in [0.2, 0.25) is 5.02 Å². The van der Waals surface area contributed by atoms with E-state index in [1.54, 1.807) is 18.2 Å². The van der Waals surface area contributed by atoms with E-state index in [9.17, 15) is 14.4 Å². The molecule has 0 bridgehead atoms. The van der Waals surface area contributed by atoms with Crippen LogP contribution in [0.3, 0.4) is 0 Å². The summed E-state index contributed by atoms with van der Waals surface area (Å²) < 4.78 is 11.0. The standard InChI is InChI=1S/C23H25ClN4O5/c24-18-8-9-20(33-15-21(29)25-12-16-5-2-1-3-6-16)17(11-18)13-27-28-23(31)22(30)26-14-19-7-4-10-32-19/h1-3,5-6,8-9,11,13,19H,4,7,10,12,14-15H2,(H,25,29)(H,26,30)(H,28,31)/b27-13-/t19-/m0/s1. The zero-order chi connectivity index (χ0) is 23.5. The number of nitrogens with one attached hydrogen (secondary N) is 3. The van der Waals surface area contributed by atoms with E-state index in [1.807, 2.05) is 30.3 Å². The molecule has 1 heterocycles. The van der Waals surface area contributed by atoms with Gasteiger partial charge in [-0.1, -0.05) is 41.9 Å². The second-order valence-corrected chi connectivity index (χ2v) is 7.71. The summed E-state index contributed by atoms with van der Waals surface area (Å²) in [4.78, 5) is 35.9. The number of hydrazone groups is 1. The molecule has 3 amide bonds. The van der Waals surface area contributed by atoms with Crippen LogP contribution in [0, 0.1) is 0 Å². The first-order chi connectivity index (χ1) is 16.0. The molecule has 2 aromatic carbocycles. The van der Waals surface area contributed by atoms with E-state index in [1.165, 1.54) is 6.21 Å². The lowest BCUT2D eigenvalue weighted by Crippen LogP contribution is -2.41. The number of benzene rings is 2. The van der Waals surface area contributed by atoms with Crippen LogP contribution in [0.1, 0.15) is 24.0 Å². The number of carbonyl (C=O) groups excluding carboxylic acids is 3. The smallest absolute Gasteiger partial charge is 0.329 e. The van der Waals surface area contributed by atoms with Crippen molar-refractivity contribution in [1.29, 1.82) is 0 Å². The van der Waals surface area contributed by atoms with Crippen LogP contribution < -0.4 is 20.8 Å². The fourth-order valence-electron chi connectivity index (χ4n) is 3.05. The number of ether oxygens (including phenoxy) is 2. The fourth-order valence-corrected chi connectivity index (χ4v) is 3.23. The lowest BCUT2D eigenvalue weighted by Gasteiger charge is -2.10. The second-order valence-electron chi connectivity index (χ2n) is 7.28. The van der Waals surface area contributed by atoms with Crippen LogP contribution in [-0.4, -0.2) is 49.8 Å². The van der Waals surface area contributed by atoms with Crippen molar-refractivity contribution in [2.24, 2.45) is 5.10 Å². The van der Waals surface area contributed by atoms with Crippen molar-refractivity contribution in [3.8, 4) is 5.75 Å². The third-order valence-corrected chi connectivity index (χ3v) is 4.99. The summed E-state index contributed by atoms with van der Waals surface area (Å²) in [5.41, 5.74) is 3.56. The highest BCUT2D eigenvalue weighted by Gasteiger charge is 2.19. The van der Waals surface area contributed by atoms with Gasteiger partial charge in [0.15, 0.2) is 6.61 Å². The monoisotopic (exact) mass is 472 g/mol. The van der Waals surface area contributed by atoms with Crippen molar-refractivity contribution in [2.45, 2.75) is 25.5 Å². The number of amides is 3. The van der Waals surface area contributed by atoms with Gasteiger partial charge in [0.2, 0.25) is 0 Å². The molecule has 2 aromatic rings. The summed E-state index contributed by atoms with van der Waals surface area (Å²) in [6, 6.07) is 14.3. The summed E-state index contributed by atoms with van der Waals surface area (Å²) in [5.74, 6) is -1.67. The highest BCUT2D eigenvalue weighted by Crippen LogP contribution is 2.21. The van der Waals surface area contributed by atoms with Crippen molar-refractivity contribution in [2.75, 3.05) is 19.8 Å². The number of rotatable bonds is 9. The molecule has 1 aliphatic rings. The highest BCUT2D eigenvalue weighted by molar-refractivity contribution is 6.35. The third kappa shape index (κ3) is 8.21. The van der Waals surface area contributed by atoms with Crippen molar-refractivity contribution in [1.82, 2.24) is 16.1 Å². The first kappa shape index (κ1) is 24.2. The fraction of sp³-hybridized carbons (Fsp3) is 0.304. The van der Waals surface area contributed by atoms with E-state index in [-0.39, 0.29) is 25.2 Å². The molecule has 0 radical (unpaired) electrons. The summed E-state index contributed by atoms with van der Waals surface area (Å²) in [7, 11) is 0. The van der Waals surface area contributed by atoms with Crippen LogP contribution >= 0.6 is 11.6 Å². The molecule has 0 spiro atoms. The van der Waals surface area contributed by atoms with Gasteiger partial charge in [-0.15, -0.1) is 0 Å². The summed E-state index contributed by atoms with van der Waals surface area (Å²) in [6.45, 7) is 1.11. The first-order valence-corrected chi connectivity index (χ1v) is 10.8. The molecule has 9 nitrogen and oxygen atoms in total. The number of hydrogen-bond acceptors (Lipinski definition) is 6. The summed E-state index contributed by atoms with van der Waals surface area (Å²) in [6.07, 6.45) is 3.01. The topological polar surface area (TPSA) is 118 Å². The Bertz CT molecular complexity index is 994. The van der Waals surface area contributed by atoms with E-state index in [2.05, 4.69) is 21.2 Å². The molecule has 0 saturated carbocycles. The maximum Gasteiger partial charge on any atom is 0.329 e. The molecule has 0 unspecified atom stereocenters. The van der Waals surface area contributed by atoms with Gasteiger partial charge in [0, 0.05) is 30.3 Å². The van der Waals surface area contributed by atoms with Crippen LogP contribution in [0.25, 0.3) is 0 Å². The minimum absolute atomic E-state index is 0.0682. The maximum absolute atomic E-state index is 12.1. The molecule has 0 aromatic heterocycles. The zero-order valence-corrected chi connectivity index (χ0v) is 18.6. The molecular formula is C23H25ClN4O5. The molecule has 174 valence electrons. The van der Waals surface area contributed by atoms with Crippen LogP contribution in [0.15, 0.2) is 53.6 Å². The van der Waals surface area contributed by atoms with Gasteiger partial charge >= 0.3 is 11.8 Å². The van der Waals surface area contributed by atoms with Crippen LogP contribution in [0.5, 0.6) is 5.75 Å². The predicted octanol–water partition coefficient (Wildman–Crippen LogP) is 1.78. The highest BCUT2D eigenvalue weighted by atomic mass is 35.5. The van der Waals surface area contributed by atoms with Crippen molar-refractivity contribution in [3.05, 3.63) is 64.7 Å². The van der Waals surface area contributed by atoms with E-state index in [0.717, 1.165) is 18.4 Å². The minimum atomic E-state index is -0.908. The van der Waals surface area contributed by atoms with E-state index in [4.69, 9.17) is 21.1 Å². The largest absolute Gasteiger partial charge is 0.483 e. The SMILES string of the molecule is O=C(COc1ccc(Cl)cc1/C=N\NC(=O)C(=O)NC[C@@H]1CCCO1)NCc1ccccc1. The Labute approximate surface area is 196 Å². The van der Waals surface area contributed by atoms with Gasteiger partial charge in [-0.25, -0.2) is 5.43 Å². The van der Waals surface area contributed by atoms with Gasteiger partial charge in [0.05, 0.1) is 12.3 Å². The Morgan fingerprint density at radius 2 is 1.94 bits per heavy atom. The zero-order valence-electron chi connectivity index (χ0n) is 17.9. The molecule has 1 fully saturated rings. The molecule has 1 atom stereocenters. The van der Waals surface area contributed by atoms with Gasteiger partial charge in [0.1, 0.15) is 5.75 Å². The van der Waals surface area contributed by atoms with E-state index in [0.29, 0.717) is 29.5 Å². The number of nitrogens with zero attached hydrogens (tertiary/aromatic N) is 1. The lowest BCUT2D eigenvalue weighted by atomic mass is 10.2. The Balaban J connectivity index is 1.47. The normalized spacial score (nSPS) is 15.2. The van der Waals surface area contributed by atoms with E-state index >= 15 is 0 Å². The van der Waals surface area contributed by atoms with Crippen molar-refractivity contribution >= 4 is 35.5 Å². The summed E-state index contributed by atoms with van der Waals surface area (Å²) >= 11 is 6.03. The molecule has 1 aliphatic heterocycles. The predicted molar refractivity (Wildman–Crippen MR) is 123 cm³/mol. The number of halogens is 1. The molecule has 1 saturated heterocycles. The van der Waals surface area contributed by atoms with E-state index < -0.39 is 11.8 Å². The number of carbonyl (C=O) groups is 3. The molecule has 3 rings (SSSR count). The Morgan fingerprint density at radius 1 is 1.12 bits per heavy atom. The van der Waals surface area contributed by atoms with Gasteiger partial charge in [-0.05, 0) is 36.6 Å². The molecule has 3 N–H and O–H groups in total. The van der Waals surface area contributed by atoms with Crippen LogP contribution in [-0.2, 0) is 25.7 Å². The lowest BCUT2D eigenvalue weighted by molar-refractivity contribution is -0.139. The molecular weight excluding hydrogens is 448 g/mol.